The SMILES string of the molecule is N#Cc1cc2c(nc1NCC1CNCCO1)CCC2. The lowest BCUT2D eigenvalue weighted by Gasteiger charge is -2.24. The van der Waals surface area contributed by atoms with E-state index in [2.05, 4.69) is 21.7 Å². The highest BCUT2D eigenvalue weighted by molar-refractivity contribution is 5.55. The molecule has 1 fully saturated rings. The number of hydrogen-bond acceptors (Lipinski definition) is 5. The number of nitriles is 1. The van der Waals surface area contributed by atoms with Crippen LogP contribution in [0, 0.1) is 11.3 Å². The molecule has 5 heteroatoms. The monoisotopic (exact) mass is 258 g/mol. The zero-order valence-electron chi connectivity index (χ0n) is 10.9. The Labute approximate surface area is 113 Å². The topological polar surface area (TPSA) is 70.0 Å². The summed E-state index contributed by atoms with van der Waals surface area (Å²) < 4.78 is 5.63. The molecule has 0 bridgehead atoms. The maximum absolute atomic E-state index is 9.21. The van der Waals surface area contributed by atoms with Crippen molar-refractivity contribution < 1.29 is 4.74 Å². The van der Waals surface area contributed by atoms with Crippen molar-refractivity contribution in [2.75, 3.05) is 31.6 Å². The number of morpholine rings is 1. The van der Waals surface area contributed by atoms with Gasteiger partial charge in [0, 0.05) is 25.3 Å². The minimum Gasteiger partial charge on any atom is -0.374 e. The number of pyridine rings is 1. The highest BCUT2D eigenvalue weighted by Crippen LogP contribution is 2.24. The number of aromatic nitrogens is 1. The van der Waals surface area contributed by atoms with E-state index < -0.39 is 0 Å². The smallest absolute Gasteiger partial charge is 0.144 e. The molecule has 100 valence electrons. The van der Waals surface area contributed by atoms with Crippen LogP contribution in [0.25, 0.3) is 0 Å². The molecule has 1 aromatic heterocycles. The Kier molecular flexibility index (Phi) is 3.62. The highest BCUT2D eigenvalue weighted by Gasteiger charge is 2.18. The Morgan fingerprint density at radius 3 is 3.26 bits per heavy atom. The molecular weight excluding hydrogens is 240 g/mol. The largest absolute Gasteiger partial charge is 0.374 e. The molecule has 1 aromatic rings. The standard InChI is InChI=1S/C14H18N4O/c15-7-11-6-10-2-1-3-13(10)18-14(11)17-9-12-8-16-4-5-19-12/h6,12,16H,1-5,8-9H2,(H,17,18). The Balaban J connectivity index is 1.71. The van der Waals surface area contributed by atoms with Crippen molar-refractivity contribution >= 4 is 5.82 Å². The second kappa shape index (κ2) is 5.55. The molecule has 0 saturated carbocycles. The van der Waals surface area contributed by atoms with Crippen LogP contribution in [-0.4, -0.2) is 37.3 Å². The van der Waals surface area contributed by atoms with Crippen LogP contribution in [0.5, 0.6) is 0 Å². The molecular formula is C14H18N4O. The number of hydrogen-bond donors (Lipinski definition) is 2. The van der Waals surface area contributed by atoms with Gasteiger partial charge in [-0.3, -0.25) is 0 Å². The Bertz CT molecular complexity index is 503. The van der Waals surface area contributed by atoms with E-state index in [9.17, 15) is 5.26 Å². The summed E-state index contributed by atoms with van der Waals surface area (Å²) in [5, 5.41) is 15.8. The minimum atomic E-state index is 0.148. The van der Waals surface area contributed by atoms with Crippen LogP contribution in [0.3, 0.4) is 0 Å². The summed E-state index contributed by atoms with van der Waals surface area (Å²) in [7, 11) is 0. The van der Waals surface area contributed by atoms with E-state index in [-0.39, 0.29) is 6.10 Å². The van der Waals surface area contributed by atoms with Crippen molar-refractivity contribution in [1.29, 1.82) is 5.26 Å². The van der Waals surface area contributed by atoms with Gasteiger partial charge in [-0.2, -0.15) is 5.26 Å². The van der Waals surface area contributed by atoms with E-state index >= 15 is 0 Å². The van der Waals surface area contributed by atoms with Crippen LogP contribution in [0.15, 0.2) is 6.07 Å². The van der Waals surface area contributed by atoms with Gasteiger partial charge < -0.3 is 15.4 Å². The molecule has 1 aliphatic carbocycles. The summed E-state index contributed by atoms with van der Waals surface area (Å²) in [6, 6.07) is 4.22. The van der Waals surface area contributed by atoms with E-state index in [1.807, 2.05) is 6.07 Å². The average Bonchev–Trinajstić information content (AvgIpc) is 2.92. The molecule has 2 heterocycles. The van der Waals surface area contributed by atoms with Crippen LogP contribution in [-0.2, 0) is 17.6 Å². The molecule has 5 nitrogen and oxygen atoms in total. The number of nitrogens with zero attached hydrogens (tertiary/aromatic N) is 2. The summed E-state index contributed by atoms with van der Waals surface area (Å²) >= 11 is 0. The molecule has 0 radical (unpaired) electrons. The van der Waals surface area contributed by atoms with Gasteiger partial charge in [-0.05, 0) is 30.9 Å². The minimum absolute atomic E-state index is 0.148. The number of ether oxygens (including phenoxy) is 1. The maximum Gasteiger partial charge on any atom is 0.144 e. The van der Waals surface area contributed by atoms with Gasteiger partial charge in [0.05, 0.1) is 18.3 Å². The van der Waals surface area contributed by atoms with Gasteiger partial charge in [0.25, 0.3) is 0 Å². The van der Waals surface area contributed by atoms with Crippen molar-refractivity contribution in [2.45, 2.75) is 25.4 Å². The fourth-order valence-corrected chi connectivity index (χ4v) is 2.65. The quantitative estimate of drug-likeness (QED) is 0.841. The number of rotatable bonds is 3. The van der Waals surface area contributed by atoms with E-state index in [1.165, 1.54) is 5.56 Å². The van der Waals surface area contributed by atoms with Crippen molar-refractivity contribution in [2.24, 2.45) is 0 Å². The van der Waals surface area contributed by atoms with E-state index in [4.69, 9.17) is 4.74 Å². The number of anilines is 1. The number of aryl methyl sites for hydroxylation is 2. The first kappa shape index (κ1) is 12.4. The van der Waals surface area contributed by atoms with Gasteiger partial charge in [0.2, 0.25) is 0 Å². The van der Waals surface area contributed by atoms with Gasteiger partial charge in [0.1, 0.15) is 11.9 Å². The predicted molar refractivity (Wildman–Crippen MR) is 72.1 cm³/mol. The average molecular weight is 258 g/mol. The van der Waals surface area contributed by atoms with E-state index in [0.29, 0.717) is 17.9 Å². The number of fused-ring (bicyclic) bond motifs is 1. The molecule has 0 aromatic carbocycles. The zero-order chi connectivity index (χ0) is 13.1. The summed E-state index contributed by atoms with van der Waals surface area (Å²) in [6.07, 6.45) is 3.37. The number of nitrogens with one attached hydrogen (secondary N) is 2. The first-order valence-electron chi connectivity index (χ1n) is 6.86. The summed E-state index contributed by atoms with van der Waals surface area (Å²) in [5.74, 6) is 0.706. The van der Waals surface area contributed by atoms with Gasteiger partial charge in [-0.1, -0.05) is 0 Å². The van der Waals surface area contributed by atoms with Crippen molar-refractivity contribution in [3.05, 3.63) is 22.9 Å². The Morgan fingerprint density at radius 1 is 1.53 bits per heavy atom. The molecule has 0 amide bonds. The van der Waals surface area contributed by atoms with Gasteiger partial charge in [-0.25, -0.2) is 4.98 Å². The van der Waals surface area contributed by atoms with Crippen LogP contribution in [0.2, 0.25) is 0 Å². The van der Waals surface area contributed by atoms with Gasteiger partial charge in [0.15, 0.2) is 0 Å². The highest BCUT2D eigenvalue weighted by atomic mass is 16.5. The third kappa shape index (κ3) is 2.70. The second-order valence-corrected chi connectivity index (χ2v) is 5.03. The lowest BCUT2D eigenvalue weighted by molar-refractivity contribution is 0.0372. The molecule has 19 heavy (non-hydrogen) atoms. The molecule has 3 rings (SSSR count). The van der Waals surface area contributed by atoms with Gasteiger partial charge >= 0.3 is 0 Å². The molecule has 2 N–H and O–H groups in total. The van der Waals surface area contributed by atoms with Crippen LogP contribution >= 0.6 is 0 Å². The third-order valence-corrected chi connectivity index (χ3v) is 3.67. The van der Waals surface area contributed by atoms with Gasteiger partial charge in [-0.15, -0.1) is 0 Å². The molecule has 1 atom stereocenters. The predicted octanol–water partition coefficient (Wildman–Crippen LogP) is 0.842. The zero-order valence-corrected chi connectivity index (χ0v) is 10.9. The lowest BCUT2D eigenvalue weighted by atomic mass is 10.1. The van der Waals surface area contributed by atoms with E-state index in [1.54, 1.807) is 0 Å². The third-order valence-electron chi connectivity index (χ3n) is 3.67. The summed E-state index contributed by atoms with van der Waals surface area (Å²) in [6.45, 7) is 3.19. The van der Waals surface area contributed by atoms with Crippen molar-refractivity contribution in [3.8, 4) is 6.07 Å². The molecule has 1 unspecified atom stereocenters. The first-order valence-corrected chi connectivity index (χ1v) is 6.86. The van der Waals surface area contributed by atoms with Crippen LogP contribution in [0.1, 0.15) is 23.2 Å². The summed E-state index contributed by atoms with van der Waals surface area (Å²) in [5.41, 5.74) is 3.02. The normalized spacial score (nSPS) is 21.7. The molecule has 1 saturated heterocycles. The molecule has 0 spiro atoms. The van der Waals surface area contributed by atoms with Crippen molar-refractivity contribution in [3.63, 3.8) is 0 Å². The Morgan fingerprint density at radius 2 is 2.47 bits per heavy atom. The van der Waals surface area contributed by atoms with E-state index in [0.717, 1.165) is 44.7 Å². The first-order chi connectivity index (χ1) is 9.36. The fourth-order valence-electron chi connectivity index (χ4n) is 2.65. The fraction of sp³-hybridized carbons (Fsp3) is 0.571. The van der Waals surface area contributed by atoms with Crippen LogP contribution < -0.4 is 10.6 Å². The molecule has 2 aliphatic rings. The van der Waals surface area contributed by atoms with Crippen LogP contribution in [0.4, 0.5) is 5.82 Å². The second-order valence-electron chi connectivity index (χ2n) is 5.03. The maximum atomic E-state index is 9.21. The Hall–Kier alpha value is -1.64. The molecule has 1 aliphatic heterocycles. The summed E-state index contributed by atoms with van der Waals surface area (Å²) in [4.78, 5) is 4.60. The lowest BCUT2D eigenvalue weighted by Crippen LogP contribution is -2.42. The van der Waals surface area contributed by atoms with Crippen molar-refractivity contribution in [1.82, 2.24) is 10.3 Å².